The van der Waals surface area contributed by atoms with Gasteiger partial charge in [0.25, 0.3) is 0 Å². The molecule has 152 valence electrons. The van der Waals surface area contributed by atoms with Gasteiger partial charge in [-0.25, -0.2) is 9.97 Å². The van der Waals surface area contributed by atoms with Gasteiger partial charge in [-0.15, -0.1) is 0 Å². The topological polar surface area (TPSA) is 125 Å². The maximum atomic E-state index is 9.14. The van der Waals surface area contributed by atoms with E-state index in [0.29, 0.717) is 11.5 Å². The van der Waals surface area contributed by atoms with Gasteiger partial charge in [-0.05, 0) is 59.3 Å². The van der Waals surface area contributed by atoms with Crippen LogP contribution in [0, 0.1) is 3.70 Å². The number of benzene rings is 2. The lowest BCUT2D eigenvalue weighted by Gasteiger charge is -2.14. The van der Waals surface area contributed by atoms with Crippen LogP contribution in [0.25, 0.3) is 22.2 Å². The number of hydrogen-bond donors (Lipinski definition) is 3. The van der Waals surface area contributed by atoms with Gasteiger partial charge >= 0.3 is 0 Å². The van der Waals surface area contributed by atoms with Crippen LogP contribution in [0.4, 0.5) is 5.82 Å². The van der Waals surface area contributed by atoms with Crippen LogP contribution >= 0.6 is 22.6 Å². The molecule has 2 heterocycles. The summed E-state index contributed by atoms with van der Waals surface area (Å²) in [6, 6.07) is 16.9. The molecule has 9 heteroatoms. The minimum Gasteiger partial charge on any atom is -0.457 e. The molecule has 0 saturated carbocycles. The Morgan fingerprint density at radius 2 is 1.77 bits per heavy atom. The third-order valence-electron chi connectivity index (χ3n) is 4.81. The van der Waals surface area contributed by atoms with Gasteiger partial charge in [0.2, 0.25) is 0 Å². The lowest BCUT2D eigenvalue weighted by atomic mass is 10.1. The highest BCUT2D eigenvalue weighted by molar-refractivity contribution is 14.1. The van der Waals surface area contributed by atoms with Crippen LogP contribution in [0.1, 0.15) is 13.0 Å². The molecule has 1 atom stereocenters. The Kier molecular flexibility index (Phi) is 5.44. The smallest absolute Gasteiger partial charge is 0.162 e. The molecule has 30 heavy (non-hydrogen) atoms. The van der Waals surface area contributed by atoms with Crippen molar-refractivity contribution >= 4 is 45.3 Å². The van der Waals surface area contributed by atoms with Gasteiger partial charge in [-0.3, -0.25) is 0 Å². The summed E-state index contributed by atoms with van der Waals surface area (Å²) in [5.74, 6) is 1.92. The monoisotopic (exact) mass is 514 g/mol. The average molecular weight is 514 g/mol. The molecule has 2 aromatic heterocycles. The first kappa shape index (κ1) is 20.0. The van der Waals surface area contributed by atoms with Crippen molar-refractivity contribution in [2.24, 2.45) is 10.9 Å². The number of para-hydroxylation sites is 1. The van der Waals surface area contributed by atoms with Gasteiger partial charge in [-0.2, -0.15) is 0 Å². The second kappa shape index (κ2) is 8.19. The summed E-state index contributed by atoms with van der Waals surface area (Å²) in [4.78, 5) is 8.57. The van der Waals surface area contributed by atoms with Crippen LogP contribution in [0.15, 0.2) is 66.1 Å². The lowest BCUT2D eigenvalue weighted by Crippen LogP contribution is -2.25. The molecule has 4 rings (SSSR count). The summed E-state index contributed by atoms with van der Waals surface area (Å²) in [5.41, 5.74) is 14.5. The van der Waals surface area contributed by atoms with Crippen LogP contribution in [0.3, 0.4) is 0 Å². The molecule has 0 aliphatic rings. The minimum atomic E-state index is -0.423. The van der Waals surface area contributed by atoms with E-state index >= 15 is 0 Å². The Bertz CT molecular complexity index is 1220. The minimum absolute atomic E-state index is 0.0696. The van der Waals surface area contributed by atoms with Gasteiger partial charge in [0.1, 0.15) is 29.3 Å². The Morgan fingerprint density at radius 1 is 1.10 bits per heavy atom. The third-order valence-corrected chi connectivity index (χ3v) is 5.86. The number of amidine groups is 1. The molecule has 5 N–H and O–H groups in total. The van der Waals surface area contributed by atoms with E-state index in [1.807, 2.05) is 66.1 Å². The number of aromatic nitrogens is 3. The zero-order valence-electron chi connectivity index (χ0n) is 16.0. The average Bonchev–Trinajstić information content (AvgIpc) is 3.07. The Morgan fingerprint density at radius 3 is 2.43 bits per heavy atom. The summed E-state index contributed by atoms with van der Waals surface area (Å²) in [6.45, 7) is 1.83. The van der Waals surface area contributed by atoms with Crippen molar-refractivity contribution in [3.63, 3.8) is 0 Å². The predicted octanol–water partition coefficient (Wildman–Crippen LogP) is 4.38. The molecule has 0 spiro atoms. The Balaban J connectivity index is 1.82. The standard InChI is InChI=1S/C21H19IN6O2/c1-12(19(23)27-29)28-18(22)16(17-20(24)25-11-26-21(17)28)13-7-9-15(10-8-13)30-14-5-3-2-4-6-14/h2-12,29H,1H3,(H2,23,27)(H2,24,25,26). The van der Waals surface area contributed by atoms with E-state index in [1.54, 1.807) is 0 Å². The Hall–Kier alpha value is -3.34. The van der Waals surface area contributed by atoms with Crippen molar-refractivity contribution in [1.29, 1.82) is 0 Å². The van der Waals surface area contributed by atoms with E-state index < -0.39 is 6.04 Å². The number of anilines is 1. The fourth-order valence-electron chi connectivity index (χ4n) is 3.28. The van der Waals surface area contributed by atoms with Gasteiger partial charge in [0.15, 0.2) is 5.84 Å². The molecule has 0 amide bonds. The molecule has 0 aliphatic heterocycles. The van der Waals surface area contributed by atoms with Crippen LogP contribution in [0.5, 0.6) is 11.5 Å². The third kappa shape index (κ3) is 3.52. The number of ether oxygens (including phenoxy) is 1. The number of fused-ring (bicyclic) bond motifs is 1. The van der Waals surface area contributed by atoms with Gasteiger partial charge in [0.05, 0.1) is 15.1 Å². The van der Waals surface area contributed by atoms with Crippen molar-refractivity contribution in [3.05, 3.63) is 64.6 Å². The van der Waals surface area contributed by atoms with Gasteiger partial charge in [-0.1, -0.05) is 35.5 Å². The van der Waals surface area contributed by atoms with Crippen LogP contribution in [-0.4, -0.2) is 25.6 Å². The predicted molar refractivity (Wildman–Crippen MR) is 125 cm³/mol. The van der Waals surface area contributed by atoms with Crippen molar-refractivity contribution in [3.8, 4) is 22.6 Å². The molecular weight excluding hydrogens is 495 g/mol. The zero-order valence-corrected chi connectivity index (χ0v) is 18.2. The summed E-state index contributed by atoms with van der Waals surface area (Å²) in [7, 11) is 0. The molecule has 0 saturated heterocycles. The lowest BCUT2D eigenvalue weighted by molar-refractivity contribution is 0.314. The van der Waals surface area contributed by atoms with Crippen LogP contribution < -0.4 is 16.2 Å². The number of oxime groups is 1. The maximum Gasteiger partial charge on any atom is 0.162 e. The number of rotatable bonds is 5. The van der Waals surface area contributed by atoms with E-state index in [2.05, 4.69) is 37.7 Å². The first-order valence-corrected chi connectivity index (χ1v) is 10.2. The zero-order chi connectivity index (χ0) is 21.3. The normalized spacial score (nSPS) is 12.8. The van der Waals surface area contributed by atoms with Crippen molar-refractivity contribution < 1.29 is 9.94 Å². The van der Waals surface area contributed by atoms with Crippen molar-refractivity contribution in [2.75, 3.05) is 5.73 Å². The number of nitrogen functional groups attached to an aromatic ring is 1. The molecule has 8 nitrogen and oxygen atoms in total. The summed E-state index contributed by atoms with van der Waals surface area (Å²) in [6.07, 6.45) is 1.41. The number of nitrogens with zero attached hydrogens (tertiary/aromatic N) is 4. The van der Waals surface area contributed by atoms with E-state index in [0.717, 1.165) is 31.7 Å². The number of halogens is 1. The van der Waals surface area contributed by atoms with E-state index in [9.17, 15) is 0 Å². The molecular formula is C21H19IN6O2. The Labute approximate surface area is 186 Å². The SMILES string of the molecule is CC(/C(N)=N/O)n1c(I)c(-c2ccc(Oc3ccccc3)cc2)c2c(N)ncnc21. The fraction of sp³-hybridized carbons (Fsp3) is 0.0952. The van der Waals surface area contributed by atoms with Crippen molar-refractivity contribution in [1.82, 2.24) is 14.5 Å². The van der Waals surface area contributed by atoms with E-state index in [-0.39, 0.29) is 5.84 Å². The van der Waals surface area contributed by atoms with Gasteiger partial charge < -0.3 is 26.0 Å². The molecule has 0 aliphatic carbocycles. The first-order valence-electron chi connectivity index (χ1n) is 9.12. The fourth-order valence-corrected chi connectivity index (χ4v) is 4.50. The quantitative estimate of drug-likeness (QED) is 0.119. The van der Waals surface area contributed by atoms with Crippen LogP contribution in [0.2, 0.25) is 0 Å². The highest BCUT2D eigenvalue weighted by atomic mass is 127. The maximum absolute atomic E-state index is 9.14. The molecule has 2 aromatic carbocycles. The van der Waals surface area contributed by atoms with Crippen molar-refractivity contribution in [2.45, 2.75) is 13.0 Å². The number of nitrogens with two attached hydrogens (primary N) is 2. The summed E-state index contributed by atoms with van der Waals surface area (Å²) < 4.78 is 8.62. The summed E-state index contributed by atoms with van der Waals surface area (Å²) in [5, 5.41) is 13.0. The van der Waals surface area contributed by atoms with Gasteiger partial charge in [0, 0.05) is 5.56 Å². The second-order valence-electron chi connectivity index (χ2n) is 6.63. The molecule has 0 bridgehead atoms. The summed E-state index contributed by atoms with van der Waals surface area (Å²) >= 11 is 2.22. The van der Waals surface area contributed by atoms with E-state index in [1.165, 1.54) is 6.33 Å². The molecule has 0 radical (unpaired) electrons. The first-order chi connectivity index (χ1) is 14.5. The molecule has 1 unspecified atom stereocenters. The molecule has 0 fully saturated rings. The van der Waals surface area contributed by atoms with E-state index in [4.69, 9.17) is 21.4 Å². The second-order valence-corrected chi connectivity index (χ2v) is 7.66. The van der Waals surface area contributed by atoms with Crippen LogP contribution in [-0.2, 0) is 0 Å². The highest BCUT2D eigenvalue weighted by Crippen LogP contribution is 2.39. The number of hydrogen-bond acceptors (Lipinski definition) is 6. The largest absolute Gasteiger partial charge is 0.457 e. The highest BCUT2D eigenvalue weighted by Gasteiger charge is 2.25. The molecule has 4 aromatic rings.